The first-order valence-electron chi connectivity index (χ1n) is 10.6. The Bertz CT molecular complexity index is 731. The van der Waals surface area contributed by atoms with Crippen molar-refractivity contribution in [2.24, 2.45) is 5.41 Å². The van der Waals surface area contributed by atoms with Gasteiger partial charge in [0.2, 0.25) is 0 Å². The monoisotopic (exact) mass is 432 g/mol. The van der Waals surface area contributed by atoms with E-state index in [0.717, 1.165) is 31.9 Å². The first-order valence-corrected chi connectivity index (χ1v) is 10.6. The number of piperazine rings is 1. The van der Waals surface area contributed by atoms with E-state index in [9.17, 15) is 0 Å². The molecule has 1 saturated heterocycles. The Kier molecular flexibility index (Phi) is 9.56. The fraction of sp³-hybridized carbons (Fsp3) is 0.542. The largest absolute Gasteiger partial charge is 0.497 e. The normalized spacial score (nSPS) is 15.8. The Balaban J connectivity index is 0.00000320. The highest BCUT2D eigenvalue weighted by molar-refractivity contribution is 5.85. The molecule has 1 aromatic heterocycles. The molecule has 1 fully saturated rings. The van der Waals surface area contributed by atoms with E-state index in [1.54, 1.807) is 7.11 Å². The lowest BCUT2D eigenvalue weighted by Crippen LogP contribution is -2.49. The van der Waals surface area contributed by atoms with Crippen LogP contribution < -0.4 is 4.74 Å². The van der Waals surface area contributed by atoms with Crippen molar-refractivity contribution < 1.29 is 4.74 Å². The van der Waals surface area contributed by atoms with Crippen LogP contribution in [0.5, 0.6) is 5.75 Å². The van der Waals surface area contributed by atoms with E-state index in [1.165, 1.54) is 37.3 Å². The van der Waals surface area contributed by atoms with Crippen LogP contribution in [0.15, 0.2) is 48.8 Å². The third kappa shape index (κ3) is 7.88. The number of ether oxygens (including phenoxy) is 1. The topological polar surface area (TPSA) is 31.8 Å². The molecule has 1 aliphatic rings. The maximum atomic E-state index is 5.31. The highest BCUT2D eigenvalue weighted by atomic mass is 35.5. The SMILES string of the molecule is COc1ccc(CN(Cc2ccncc2)CC(C)(C)CN2CCN(C)CC2)cc1.Cl. The molecule has 0 saturated carbocycles. The molecular formula is C24H37ClN4O. The summed E-state index contributed by atoms with van der Waals surface area (Å²) in [6.45, 7) is 13.5. The number of nitrogens with zero attached hydrogens (tertiary/aromatic N) is 4. The lowest BCUT2D eigenvalue weighted by atomic mass is 9.91. The predicted octanol–water partition coefficient (Wildman–Crippen LogP) is 3.79. The number of pyridine rings is 1. The molecular weight excluding hydrogens is 396 g/mol. The molecule has 2 aromatic rings. The Morgan fingerprint density at radius 3 is 2.07 bits per heavy atom. The van der Waals surface area contributed by atoms with Gasteiger partial charge in [-0.1, -0.05) is 26.0 Å². The van der Waals surface area contributed by atoms with Gasteiger partial charge in [0.1, 0.15) is 5.75 Å². The van der Waals surface area contributed by atoms with Crippen molar-refractivity contribution in [2.45, 2.75) is 26.9 Å². The Hall–Kier alpha value is -1.66. The van der Waals surface area contributed by atoms with Crippen LogP contribution in [0.3, 0.4) is 0 Å². The summed E-state index contributed by atoms with van der Waals surface area (Å²) in [6.07, 6.45) is 3.77. The summed E-state index contributed by atoms with van der Waals surface area (Å²) in [5, 5.41) is 0. The number of hydrogen-bond donors (Lipinski definition) is 0. The van der Waals surface area contributed by atoms with E-state index in [4.69, 9.17) is 4.74 Å². The van der Waals surface area contributed by atoms with Gasteiger partial charge in [-0.2, -0.15) is 0 Å². The van der Waals surface area contributed by atoms with Gasteiger partial charge in [-0.05, 0) is 47.9 Å². The van der Waals surface area contributed by atoms with Crippen molar-refractivity contribution >= 4 is 12.4 Å². The van der Waals surface area contributed by atoms with Gasteiger partial charge in [0.25, 0.3) is 0 Å². The van der Waals surface area contributed by atoms with Crippen LogP contribution >= 0.6 is 12.4 Å². The summed E-state index contributed by atoms with van der Waals surface area (Å²) in [4.78, 5) is 11.8. The fourth-order valence-electron chi connectivity index (χ4n) is 4.17. The number of aromatic nitrogens is 1. The van der Waals surface area contributed by atoms with Crippen molar-refractivity contribution in [1.82, 2.24) is 19.7 Å². The molecule has 0 aliphatic carbocycles. The fourth-order valence-corrected chi connectivity index (χ4v) is 4.17. The molecule has 166 valence electrons. The Morgan fingerprint density at radius 2 is 1.50 bits per heavy atom. The maximum Gasteiger partial charge on any atom is 0.118 e. The average Bonchev–Trinajstić information content (AvgIpc) is 2.70. The van der Waals surface area contributed by atoms with Crippen LogP contribution in [-0.2, 0) is 13.1 Å². The van der Waals surface area contributed by atoms with E-state index in [0.29, 0.717) is 0 Å². The smallest absolute Gasteiger partial charge is 0.118 e. The zero-order valence-electron chi connectivity index (χ0n) is 18.9. The number of likely N-dealkylation sites (N-methyl/N-ethyl adjacent to an activating group) is 1. The summed E-state index contributed by atoms with van der Waals surface area (Å²) in [7, 11) is 3.93. The van der Waals surface area contributed by atoms with E-state index < -0.39 is 0 Å². The van der Waals surface area contributed by atoms with Crippen LogP contribution in [0.4, 0.5) is 0 Å². The Morgan fingerprint density at radius 1 is 0.933 bits per heavy atom. The minimum Gasteiger partial charge on any atom is -0.497 e. The lowest BCUT2D eigenvalue weighted by molar-refractivity contribution is 0.0804. The summed E-state index contributed by atoms with van der Waals surface area (Å²) >= 11 is 0. The first-order chi connectivity index (χ1) is 13.9. The van der Waals surface area contributed by atoms with Gasteiger partial charge in [-0.15, -0.1) is 12.4 Å². The highest BCUT2D eigenvalue weighted by Gasteiger charge is 2.26. The van der Waals surface area contributed by atoms with Crippen molar-refractivity contribution in [3.63, 3.8) is 0 Å². The third-order valence-electron chi connectivity index (χ3n) is 5.62. The molecule has 2 heterocycles. The quantitative estimate of drug-likeness (QED) is 0.601. The van der Waals surface area contributed by atoms with E-state index in [2.05, 4.69) is 77.0 Å². The van der Waals surface area contributed by atoms with Crippen LogP contribution in [0.1, 0.15) is 25.0 Å². The second-order valence-corrected chi connectivity index (χ2v) is 9.09. The van der Waals surface area contributed by atoms with E-state index >= 15 is 0 Å². The van der Waals surface area contributed by atoms with Gasteiger partial charge in [-0.3, -0.25) is 9.88 Å². The zero-order chi connectivity index (χ0) is 20.7. The summed E-state index contributed by atoms with van der Waals surface area (Å²) in [5.41, 5.74) is 2.84. The number of hydrogen-bond acceptors (Lipinski definition) is 5. The molecule has 0 amide bonds. The van der Waals surface area contributed by atoms with Crippen molar-refractivity contribution in [2.75, 3.05) is 53.4 Å². The molecule has 0 spiro atoms. The molecule has 5 nitrogen and oxygen atoms in total. The summed E-state index contributed by atoms with van der Waals surface area (Å²) in [5.74, 6) is 0.907. The predicted molar refractivity (Wildman–Crippen MR) is 126 cm³/mol. The van der Waals surface area contributed by atoms with Gasteiger partial charge in [0, 0.05) is 64.8 Å². The van der Waals surface area contributed by atoms with Crippen molar-refractivity contribution in [1.29, 1.82) is 0 Å². The minimum absolute atomic E-state index is 0. The second kappa shape index (κ2) is 11.7. The van der Waals surface area contributed by atoms with E-state index in [1.807, 2.05) is 12.4 Å². The molecule has 6 heteroatoms. The second-order valence-electron chi connectivity index (χ2n) is 9.09. The highest BCUT2D eigenvalue weighted by Crippen LogP contribution is 2.23. The molecule has 0 N–H and O–H groups in total. The zero-order valence-corrected chi connectivity index (χ0v) is 19.7. The number of benzene rings is 1. The van der Waals surface area contributed by atoms with Gasteiger partial charge in [-0.25, -0.2) is 0 Å². The maximum absolute atomic E-state index is 5.31. The molecule has 3 rings (SSSR count). The number of methoxy groups -OCH3 is 1. The van der Waals surface area contributed by atoms with Crippen molar-refractivity contribution in [3.05, 3.63) is 59.9 Å². The summed E-state index contributed by atoms with van der Waals surface area (Å²) < 4.78 is 5.31. The van der Waals surface area contributed by atoms with Crippen LogP contribution in [0.25, 0.3) is 0 Å². The van der Waals surface area contributed by atoms with Crippen LogP contribution in [-0.4, -0.2) is 73.1 Å². The first kappa shape index (κ1) is 24.6. The lowest BCUT2D eigenvalue weighted by Gasteiger charge is -2.40. The van der Waals surface area contributed by atoms with Gasteiger partial charge < -0.3 is 14.5 Å². The number of halogens is 1. The molecule has 0 atom stereocenters. The molecule has 1 aromatic carbocycles. The standard InChI is InChI=1S/C24H36N4O.ClH/c1-24(2,19-27-15-13-26(3)14-16-27)20-28(18-22-9-11-25-12-10-22)17-21-5-7-23(29-4)8-6-21;/h5-12H,13-20H2,1-4H3;1H. The van der Waals surface area contributed by atoms with Gasteiger partial charge in [0.15, 0.2) is 0 Å². The molecule has 30 heavy (non-hydrogen) atoms. The average molecular weight is 433 g/mol. The van der Waals surface area contributed by atoms with Gasteiger partial charge >= 0.3 is 0 Å². The molecule has 1 aliphatic heterocycles. The summed E-state index contributed by atoms with van der Waals surface area (Å²) in [6, 6.07) is 12.7. The minimum atomic E-state index is 0. The molecule has 0 unspecified atom stereocenters. The van der Waals surface area contributed by atoms with Crippen molar-refractivity contribution in [3.8, 4) is 5.75 Å². The molecule has 0 bridgehead atoms. The van der Waals surface area contributed by atoms with Crippen LogP contribution in [0.2, 0.25) is 0 Å². The number of rotatable bonds is 9. The van der Waals surface area contributed by atoms with Gasteiger partial charge in [0.05, 0.1) is 7.11 Å². The molecule has 0 radical (unpaired) electrons. The Labute approximate surface area is 188 Å². The van der Waals surface area contributed by atoms with E-state index in [-0.39, 0.29) is 17.8 Å². The van der Waals surface area contributed by atoms with Crippen LogP contribution in [0, 0.1) is 5.41 Å². The third-order valence-corrected chi connectivity index (χ3v) is 5.62.